The number of halogens is 1. The lowest BCUT2D eigenvalue weighted by Crippen LogP contribution is -2.54. The number of nitrogens with zero attached hydrogens (tertiary/aromatic N) is 1. The minimum atomic E-state index is -1.38. The van der Waals surface area contributed by atoms with Gasteiger partial charge < -0.3 is 9.64 Å². The molecule has 1 aromatic rings. The summed E-state index contributed by atoms with van der Waals surface area (Å²) in [5.74, 6) is 0. The van der Waals surface area contributed by atoms with E-state index in [1.807, 2.05) is 30.3 Å². The molecule has 1 amide bonds. The highest BCUT2D eigenvalue weighted by atomic mass is 35.7. The molecular formula is C11H12ClNO3S. The fraction of sp³-hybridized carbons (Fsp3) is 0.364. The zero-order valence-electron chi connectivity index (χ0n) is 9.04. The van der Waals surface area contributed by atoms with E-state index in [1.165, 1.54) is 4.90 Å². The third-order valence-corrected chi connectivity index (χ3v) is 4.15. The molecule has 0 N–H and O–H groups in total. The first-order chi connectivity index (χ1) is 8.16. The molecule has 92 valence electrons. The monoisotopic (exact) mass is 273 g/mol. The molecule has 1 unspecified atom stereocenters. The van der Waals surface area contributed by atoms with E-state index >= 15 is 0 Å². The number of benzene rings is 1. The second kappa shape index (κ2) is 5.51. The van der Waals surface area contributed by atoms with Crippen LogP contribution in [0.2, 0.25) is 0 Å². The van der Waals surface area contributed by atoms with E-state index in [-0.39, 0.29) is 18.0 Å². The van der Waals surface area contributed by atoms with Crippen LogP contribution in [0.1, 0.15) is 5.56 Å². The molecule has 6 heteroatoms. The van der Waals surface area contributed by atoms with Gasteiger partial charge in [0.1, 0.15) is 16.6 Å². The minimum Gasteiger partial charge on any atom is -0.445 e. The van der Waals surface area contributed by atoms with Gasteiger partial charge in [0, 0.05) is 13.1 Å². The first kappa shape index (κ1) is 12.4. The molecule has 1 aromatic carbocycles. The standard InChI is InChI=1S/C11H12ClNO3S/c12-17(15)10-6-13(7-10)11(14)16-8-9-4-2-1-3-5-9/h1-5,10H,6-8H2. The van der Waals surface area contributed by atoms with Crippen LogP contribution in [0.3, 0.4) is 0 Å². The van der Waals surface area contributed by atoms with Gasteiger partial charge in [0.25, 0.3) is 0 Å². The quantitative estimate of drug-likeness (QED) is 0.791. The van der Waals surface area contributed by atoms with Gasteiger partial charge in [0.05, 0.1) is 5.25 Å². The smallest absolute Gasteiger partial charge is 0.410 e. The van der Waals surface area contributed by atoms with E-state index in [0.717, 1.165) is 5.56 Å². The summed E-state index contributed by atoms with van der Waals surface area (Å²) in [4.78, 5) is 13.0. The molecule has 2 rings (SSSR count). The zero-order chi connectivity index (χ0) is 12.3. The van der Waals surface area contributed by atoms with Gasteiger partial charge in [-0.2, -0.15) is 0 Å². The van der Waals surface area contributed by atoms with Gasteiger partial charge in [-0.05, 0) is 16.2 Å². The number of hydrogen-bond donors (Lipinski definition) is 0. The third kappa shape index (κ3) is 3.20. The highest BCUT2D eigenvalue weighted by Crippen LogP contribution is 2.17. The van der Waals surface area contributed by atoms with Gasteiger partial charge in [-0.1, -0.05) is 30.3 Å². The number of ether oxygens (including phenoxy) is 1. The second-order valence-electron chi connectivity index (χ2n) is 3.82. The number of rotatable bonds is 3. The molecule has 4 nitrogen and oxygen atoms in total. The van der Waals surface area contributed by atoms with Crippen molar-refractivity contribution in [2.75, 3.05) is 13.1 Å². The number of likely N-dealkylation sites (tertiary alicyclic amines) is 1. The van der Waals surface area contributed by atoms with Crippen LogP contribution in [0.15, 0.2) is 30.3 Å². The summed E-state index contributed by atoms with van der Waals surface area (Å²) < 4.78 is 16.0. The Morgan fingerprint density at radius 1 is 1.41 bits per heavy atom. The average molecular weight is 274 g/mol. The number of carbonyl (C=O) groups is 1. The molecule has 1 fully saturated rings. The average Bonchev–Trinajstić information content (AvgIpc) is 2.25. The first-order valence-electron chi connectivity index (χ1n) is 5.19. The fourth-order valence-electron chi connectivity index (χ4n) is 1.52. The largest absolute Gasteiger partial charge is 0.445 e. The predicted octanol–water partition coefficient (Wildman–Crippen LogP) is 1.91. The summed E-state index contributed by atoms with van der Waals surface area (Å²) in [6.45, 7) is 1.07. The van der Waals surface area contributed by atoms with E-state index < -0.39 is 10.0 Å². The molecular weight excluding hydrogens is 262 g/mol. The summed E-state index contributed by atoms with van der Waals surface area (Å²) in [7, 11) is 4.04. The summed E-state index contributed by atoms with van der Waals surface area (Å²) >= 11 is 0. The van der Waals surface area contributed by atoms with Crippen molar-refractivity contribution in [2.24, 2.45) is 0 Å². The second-order valence-corrected chi connectivity index (χ2v) is 5.89. The Labute approximate surface area is 106 Å². The molecule has 0 bridgehead atoms. The molecule has 0 aromatic heterocycles. The van der Waals surface area contributed by atoms with Crippen molar-refractivity contribution in [3.63, 3.8) is 0 Å². The highest BCUT2D eigenvalue weighted by molar-refractivity contribution is 8.08. The summed E-state index contributed by atoms with van der Waals surface area (Å²) in [5, 5.41) is -0.124. The van der Waals surface area contributed by atoms with Crippen molar-refractivity contribution < 1.29 is 13.7 Å². The lowest BCUT2D eigenvalue weighted by atomic mass is 10.2. The molecule has 0 radical (unpaired) electrons. The number of amides is 1. The van der Waals surface area contributed by atoms with Crippen LogP contribution >= 0.6 is 10.7 Å². The summed E-state index contributed by atoms with van der Waals surface area (Å²) in [6.07, 6.45) is -0.382. The fourth-order valence-corrected chi connectivity index (χ4v) is 2.45. The first-order valence-corrected chi connectivity index (χ1v) is 7.23. The lowest BCUT2D eigenvalue weighted by Gasteiger charge is -2.35. The normalized spacial score (nSPS) is 17.4. The Morgan fingerprint density at radius 2 is 2.06 bits per heavy atom. The Balaban J connectivity index is 1.74. The van der Waals surface area contributed by atoms with E-state index in [4.69, 9.17) is 15.4 Å². The van der Waals surface area contributed by atoms with Crippen LogP contribution in [-0.4, -0.2) is 33.5 Å². The highest BCUT2D eigenvalue weighted by Gasteiger charge is 2.35. The van der Waals surface area contributed by atoms with Crippen LogP contribution in [0.4, 0.5) is 4.79 Å². The van der Waals surface area contributed by atoms with Gasteiger partial charge >= 0.3 is 6.09 Å². The number of hydrogen-bond acceptors (Lipinski definition) is 3. The predicted molar refractivity (Wildman–Crippen MR) is 66.0 cm³/mol. The maximum absolute atomic E-state index is 11.5. The van der Waals surface area contributed by atoms with Gasteiger partial charge in [-0.25, -0.2) is 9.00 Å². The van der Waals surface area contributed by atoms with Crippen LogP contribution in [0.25, 0.3) is 0 Å². The van der Waals surface area contributed by atoms with Crippen LogP contribution < -0.4 is 0 Å². The summed E-state index contributed by atoms with van der Waals surface area (Å²) in [6, 6.07) is 9.46. The Kier molecular flexibility index (Phi) is 4.02. The van der Waals surface area contributed by atoms with Crippen molar-refractivity contribution in [3.05, 3.63) is 35.9 Å². The molecule has 1 heterocycles. The van der Waals surface area contributed by atoms with E-state index in [9.17, 15) is 9.00 Å². The van der Waals surface area contributed by atoms with Gasteiger partial charge in [0.15, 0.2) is 0 Å². The Morgan fingerprint density at radius 3 is 2.65 bits per heavy atom. The van der Waals surface area contributed by atoms with Crippen molar-refractivity contribution in [3.8, 4) is 0 Å². The Hall–Kier alpha value is -1.07. The molecule has 1 atom stereocenters. The number of carbonyl (C=O) groups excluding carboxylic acids is 1. The molecule has 0 saturated carbocycles. The lowest BCUT2D eigenvalue weighted by molar-refractivity contribution is 0.0775. The summed E-state index contributed by atoms with van der Waals surface area (Å²) in [5.41, 5.74) is 0.943. The van der Waals surface area contributed by atoms with E-state index in [0.29, 0.717) is 13.1 Å². The van der Waals surface area contributed by atoms with Crippen molar-refractivity contribution >= 4 is 26.8 Å². The van der Waals surface area contributed by atoms with Crippen LogP contribution in [0, 0.1) is 0 Å². The molecule has 0 spiro atoms. The van der Waals surface area contributed by atoms with Gasteiger partial charge in [0.2, 0.25) is 0 Å². The minimum absolute atomic E-state index is 0.124. The van der Waals surface area contributed by atoms with Crippen LogP contribution in [0.5, 0.6) is 0 Å². The van der Waals surface area contributed by atoms with Gasteiger partial charge in [-0.3, -0.25) is 0 Å². The van der Waals surface area contributed by atoms with Crippen molar-refractivity contribution in [1.29, 1.82) is 0 Å². The molecule has 17 heavy (non-hydrogen) atoms. The molecule has 1 aliphatic heterocycles. The van der Waals surface area contributed by atoms with Crippen molar-refractivity contribution in [1.82, 2.24) is 4.90 Å². The third-order valence-electron chi connectivity index (χ3n) is 2.57. The van der Waals surface area contributed by atoms with Crippen LogP contribution in [-0.2, 0) is 21.4 Å². The van der Waals surface area contributed by atoms with E-state index in [2.05, 4.69) is 0 Å². The maximum Gasteiger partial charge on any atom is 0.410 e. The van der Waals surface area contributed by atoms with Crippen molar-refractivity contribution in [2.45, 2.75) is 11.9 Å². The Bertz CT molecular complexity index is 420. The molecule has 1 saturated heterocycles. The van der Waals surface area contributed by atoms with Gasteiger partial charge in [-0.15, -0.1) is 0 Å². The molecule has 0 aliphatic carbocycles. The topological polar surface area (TPSA) is 46.6 Å². The zero-order valence-corrected chi connectivity index (χ0v) is 10.6. The molecule has 1 aliphatic rings. The van der Waals surface area contributed by atoms with E-state index in [1.54, 1.807) is 0 Å². The maximum atomic E-state index is 11.5. The SMILES string of the molecule is O=C(OCc1ccccc1)N1CC(S(=O)Cl)C1.